The molecule has 0 spiro atoms. The molecule has 4 rings (SSSR count). The van der Waals surface area contributed by atoms with Gasteiger partial charge >= 0.3 is 0 Å². The van der Waals surface area contributed by atoms with Crippen LogP contribution in [-0.4, -0.2) is 24.9 Å². The van der Waals surface area contributed by atoms with E-state index in [0.717, 1.165) is 11.1 Å². The number of hydrogen-bond donors (Lipinski definition) is 3. The van der Waals surface area contributed by atoms with Gasteiger partial charge in [0.15, 0.2) is 0 Å². The van der Waals surface area contributed by atoms with E-state index < -0.39 is 0 Å². The summed E-state index contributed by atoms with van der Waals surface area (Å²) in [6.45, 7) is 2.54. The van der Waals surface area contributed by atoms with Gasteiger partial charge in [0, 0.05) is 37.4 Å². The Morgan fingerprint density at radius 1 is 0.871 bits per heavy atom. The van der Waals surface area contributed by atoms with Crippen LogP contribution in [-0.2, 0) is 6.54 Å². The van der Waals surface area contributed by atoms with Crippen molar-refractivity contribution in [2.45, 2.75) is 19.5 Å². The first kappa shape index (κ1) is 20.1. The second kappa shape index (κ2) is 9.57. The van der Waals surface area contributed by atoms with Gasteiger partial charge in [-0.2, -0.15) is 9.97 Å². The SMILES string of the molecule is C[C@H](Nc1nc(NCc2ccncc2)cc(Nc2cnccn2)n1)c1ccc(F)cc1. The lowest BCUT2D eigenvalue weighted by Gasteiger charge is -2.16. The number of aromatic nitrogens is 5. The van der Waals surface area contributed by atoms with Crippen LogP contribution < -0.4 is 16.0 Å². The molecule has 0 unspecified atom stereocenters. The first-order chi connectivity index (χ1) is 15.2. The highest BCUT2D eigenvalue weighted by molar-refractivity contribution is 5.58. The van der Waals surface area contributed by atoms with Gasteiger partial charge in [-0.05, 0) is 42.3 Å². The molecular formula is C22H21FN8. The topological polar surface area (TPSA) is 101 Å². The van der Waals surface area contributed by atoms with E-state index in [1.54, 1.807) is 49.2 Å². The van der Waals surface area contributed by atoms with Crippen molar-refractivity contribution in [2.24, 2.45) is 0 Å². The van der Waals surface area contributed by atoms with E-state index in [4.69, 9.17) is 0 Å². The molecule has 1 atom stereocenters. The fraction of sp³-hybridized carbons (Fsp3) is 0.136. The van der Waals surface area contributed by atoms with Gasteiger partial charge < -0.3 is 16.0 Å². The maximum absolute atomic E-state index is 13.2. The zero-order chi connectivity index (χ0) is 21.5. The Bertz CT molecular complexity index is 1110. The van der Waals surface area contributed by atoms with E-state index in [9.17, 15) is 4.39 Å². The van der Waals surface area contributed by atoms with E-state index in [1.165, 1.54) is 12.1 Å². The predicted molar refractivity (Wildman–Crippen MR) is 117 cm³/mol. The number of pyridine rings is 1. The number of nitrogens with zero attached hydrogens (tertiary/aromatic N) is 5. The standard InChI is InChI=1S/C22H21FN8/c1-15(17-2-4-18(23)5-3-17)28-22-30-19(27-13-16-6-8-24-9-7-16)12-20(31-22)29-21-14-25-10-11-26-21/h2-12,14-15H,13H2,1H3,(H3,26,27,28,29,30,31)/t15-/m0/s1. The van der Waals surface area contributed by atoms with E-state index in [-0.39, 0.29) is 11.9 Å². The molecule has 3 heterocycles. The monoisotopic (exact) mass is 416 g/mol. The zero-order valence-corrected chi connectivity index (χ0v) is 16.8. The molecule has 8 nitrogen and oxygen atoms in total. The summed E-state index contributed by atoms with van der Waals surface area (Å²) in [4.78, 5) is 21.4. The van der Waals surface area contributed by atoms with Gasteiger partial charge in [-0.1, -0.05) is 12.1 Å². The number of nitrogens with one attached hydrogen (secondary N) is 3. The number of halogens is 1. The summed E-state index contributed by atoms with van der Waals surface area (Å²) in [5, 5.41) is 9.71. The number of benzene rings is 1. The lowest BCUT2D eigenvalue weighted by molar-refractivity contribution is 0.626. The highest BCUT2D eigenvalue weighted by Crippen LogP contribution is 2.22. The average Bonchev–Trinajstić information content (AvgIpc) is 2.79. The molecule has 0 bridgehead atoms. The molecule has 0 amide bonds. The minimum absolute atomic E-state index is 0.125. The lowest BCUT2D eigenvalue weighted by Crippen LogP contribution is -2.12. The van der Waals surface area contributed by atoms with Crippen LogP contribution in [0, 0.1) is 5.82 Å². The molecule has 4 aromatic rings. The van der Waals surface area contributed by atoms with Gasteiger partial charge in [0.1, 0.15) is 23.3 Å². The Morgan fingerprint density at radius 2 is 1.65 bits per heavy atom. The predicted octanol–water partition coefficient (Wildman–Crippen LogP) is 4.33. The molecule has 1 aromatic carbocycles. The molecular weight excluding hydrogens is 395 g/mol. The lowest BCUT2D eigenvalue weighted by atomic mass is 10.1. The molecule has 3 N–H and O–H groups in total. The molecule has 0 aliphatic carbocycles. The summed E-state index contributed by atoms with van der Waals surface area (Å²) < 4.78 is 13.2. The second-order valence-electron chi connectivity index (χ2n) is 6.80. The zero-order valence-electron chi connectivity index (χ0n) is 16.8. The van der Waals surface area contributed by atoms with Gasteiger partial charge in [-0.25, -0.2) is 9.37 Å². The molecule has 3 aromatic heterocycles. The van der Waals surface area contributed by atoms with Gasteiger partial charge in [0.05, 0.1) is 12.2 Å². The smallest absolute Gasteiger partial charge is 0.227 e. The summed E-state index contributed by atoms with van der Waals surface area (Å²) in [6.07, 6.45) is 8.30. The largest absolute Gasteiger partial charge is 0.366 e. The van der Waals surface area contributed by atoms with Gasteiger partial charge in [-0.3, -0.25) is 9.97 Å². The average molecular weight is 416 g/mol. The Hall–Kier alpha value is -4.14. The molecule has 0 radical (unpaired) electrons. The molecule has 0 saturated heterocycles. The van der Waals surface area contributed by atoms with Crippen LogP contribution in [0.1, 0.15) is 24.1 Å². The van der Waals surface area contributed by atoms with Crippen LogP contribution in [0.5, 0.6) is 0 Å². The first-order valence-corrected chi connectivity index (χ1v) is 9.72. The van der Waals surface area contributed by atoms with Crippen molar-refractivity contribution < 1.29 is 4.39 Å². The quantitative estimate of drug-likeness (QED) is 0.390. The van der Waals surface area contributed by atoms with Crippen molar-refractivity contribution in [3.05, 3.63) is 90.4 Å². The Kier molecular flexibility index (Phi) is 6.22. The highest BCUT2D eigenvalue weighted by atomic mass is 19.1. The minimum Gasteiger partial charge on any atom is -0.366 e. The number of rotatable bonds is 8. The van der Waals surface area contributed by atoms with Crippen LogP contribution in [0.4, 0.5) is 27.8 Å². The Morgan fingerprint density at radius 3 is 2.39 bits per heavy atom. The summed E-state index contributed by atoms with van der Waals surface area (Å²) in [6, 6.07) is 11.9. The molecule has 31 heavy (non-hydrogen) atoms. The van der Waals surface area contributed by atoms with Crippen molar-refractivity contribution in [1.29, 1.82) is 0 Å². The molecule has 0 aliphatic rings. The maximum atomic E-state index is 13.2. The van der Waals surface area contributed by atoms with Gasteiger partial charge in [0.25, 0.3) is 0 Å². The second-order valence-corrected chi connectivity index (χ2v) is 6.80. The van der Waals surface area contributed by atoms with Crippen molar-refractivity contribution in [2.75, 3.05) is 16.0 Å². The van der Waals surface area contributed by atoms with Gasteiger partial charge in [0.2, 0.25) is 5.95 Å². The molecule has 0 fully saturated rings. The van der Waals surface area contributed by atoms with Crippen molar-refractivity contribution in [1.82, 2.24) is 24.9 Å². The van der Waals surface area contributed by atoms with Crippen molar-refractivity contribution >= 4 is 23.4 Å². The van der Waals surface area contributed by atoms with E-state index in [1.807, 2.05) is 19.1 Å². The Balaban J connectivity index is 1.56. The maximum Gasteiger partial charge on any atom is 0.227 e. The summed E-state index contributed by atoms with van der Waals surface area (Å²) in [7, 11) is 0. The highest BCUT2D eigenvalue weighted by Gasteiger charge is 2.11. The third-order valence-electron chi connectivity index (χ3n) is 4.48. The van der Waals surface area contributed by atoms with Crippen LogP contribution >= 0.6 is 0 Å². The van der Waals surface area contributed by atoms with Crippen LogP contribution in [0.15, 0.2) is 73.4 Å². The van der Waals surface area contributed by atoms with Crippen molar-refractivity contribution in [3.8, 4) is 0 Å². The fourth-order valence-corrected chi connectivity index (χ4v) is 2.88. The fourth-order valence-electron chi connectivity index (χ4n) is 2.88. The van der Waals surface area contributed by atoms with Crippen molar-refractivity contribution in [3.63, 3.8) is 0 Å². The van der Waals surface area contributed by atoms with Crippen LogP contribution in [0.25, 0.3) is 0 Å². The third kappa shape index (κ3) is 5.69. The van der Waals surface area contributed by atoms with E-state index in [0.29, 0.717) is 29.9 Å². The molecule has 156 valence electrons. The van der Waals surface area contributed by atoms with E-state index >= 15 is 0 Å². The third-order valence-corrected chi connectivity index (χ3v) is 4.48. The van der Waals surface area contributed by atoms with Crippen LogP contribution in [0.3, 0.4) is 0 Å². The number of hydrogen-bond acceptors (Lipinski definition) is 8. The summed E-state index contributed by atoms with van der Waals surface area (Å²) in [5.74, 6) is 1.90. The molecule has 0 aliphatic heterocycles. The summed E-state index contributed by atoms with van der Waals surface area (Å²) in [5.41, 5.74) is 2.00. The normalized spacial score (nSPS) is 11.5. The number of anilines is 4. The minimum atomic E-state index is -0.273. The summed E-state index contributed by atoms with van der Waals surface area (Å²) >= 11 is 0. The molecule has 9 heteroatoms. The van der Waals surface area contributed by atoms with Crippen LogP contribution in [0.2, 0.25) is 0 Å². The Labute approximate surface area is 179 Å². The molecule has 0 saturated carbocycles. The van der Waals surface area contributed by atoms with E-state index in [2.05, 4.69) is 40.9 Å². The first-order valence-electron chi connectivity index (χ1n) is 9.72. The van der Waals surface area contributed by atoms with Gasteiger partial charge in [-0.15, -0.1) is 0 Å².